The molecule has 3 heteroatoms. The van der Waals surface area contributed by atoms with Crippen molar-refractivity contribution in [1.29, 1.82) is 0 Å². The average Bonchev–Trinajstić information content (AvgIpc) is 2.66. The van der Waals surface area contributed by atoms with E-state index in [1.807, 2.05) is 0 Å². The lowest BCUT2D eigenvalue weighted by Crippen LogP contribution is -2.22. The van der Waals surface area contributed by atoms with Gasteiger partial charge in [0.1, 0.15) is 0 Å². The first kappa shape index (κ1) is 8.25. The van der Waals surface area contributed by atoms with E-state index in [1.54, 1.807) is 0 Å². The van der Waals surface area contributed by atoms with Crippen LogP contribution >= 0.6 is 31.9 Å². The van der Waals surface area contributed by atoms with Crippen molar-refractivity contribution in [3.8, 4) is 0 Å². The third kappa shape index (κ3) is 0.709. The first-order valence-corrected chi connectivity index (χ1v) is 6.04. The van der Waals surface area contributed by atoms with Crippen LogP contribution in [0, 0.1) is 11.3 Å². The van der Waals surface area contributed by atoms with Crippen molar-refractivity contribution in [2.75, 3.05) is 0 Å². The molecule has 1 nitrogen and oxygen atoms in total. The highest BCUT2D eigenvalue weighted by Crippen LogP contribution is 2.80. The van der Waals surface area contributed by atoms with Gasteiger partial charge < -0.3 is 4.74 Å². The number of ether oxygens (including phenoxy) is 1. The molecule has 0 spiro atoms. The average molecular weight is 296 g/mol. The summed E-state index contributed by atoms with van der Waals surface area (Å²) in [7, 11) is 0. The van der Waals surface area contributed by atoms with Crippen LogP contribution < -0.4 is 0 Å². The Morgan fingerprint density at radius 3 is 2.58 bits per heavy atom. The molecular weight excluding hydrogens is 284 g/mol. The summed E-state index contributed by atoms with van der Waals surface area (Å²) in [6.07, 6.45) is 2.97. The molecule has 0 amide bonds. The third-order valence-electron chi connectivity index (χ3n) is 4.09. The van der Waals surface area contributed by atoms with E-state index in [0.29, 0.717) is 11.5 Å². The molecule has 1 heterocycles. The number of hydrogen-bond donors (Lipinski definition) is 0. The number of halogens is 2. The minimum atomic E-state index is 0.215. The first-order valence-electron chi connectivity index (χ1n) is 4.46. The molecule has 0 aromatic carbocycles. The summed E-state index contributed by atoms with van der Waals surface area (Å²) < 4.78 is 5.90. The van der Waals surface area contributed by atoms with Crippen molar-refractivity contribution in [2.24, 2.45) is 11.3 Å². The Bertz CT molecular complexity index is 265. The van der Waals surface area contributed by atoms with Crippen molar-refractivity contribution in [3.63, 3.8) is 0 Å². The van der Waals surface area contributed by atoms with Gasteiger partial charge in [0, 0.05) is 5.41 Å². The molecule has 0 aromatic heterocycles. The van der Waals surface area contributed by atoms with E-state index in [1.165, 1.54) is 12.8 Å². The molecular formula is C9H12Br2O. The van der Waals surface area contributed by atoms with Gasteiger partial charge in [0.2, 0.25) is 0 Å². The Balaban J connectivity index is 1.93. The molecule has 1 aliphatic heterocycles. The maximum atomic E-state index is 5.68. The second-order valence-electron chi connectivity index (χ2n) is 4.92. The van der Waals surface area contributed by atoms with Gasteiger partial charge in [0.25, 0.3) is 0 Å². The minimum Gasteiger partial charge on any atom is -0.366 e. The van der Waals surface area contributed by atoms with Crippen LogP contribution in [0.25, 0.3) is 0 Å². The highest BCUT2D eigenvalue weighted by atomic mass is 79.9. The van der Waals surface area contributed by atoms with Crippen LogP contribution in [0.15, 0.2) is 0 Å². The maximum absolute atomic E-state index is 5.68. The Hall–Kier alpha value is 0.920. The summed E-state index contributed by atoms with van der Waals surface area (Å²) in [5.74, 6) is 0.769. The van der Waals surface area contributed by atoms with Gasteiger partial charge in [-0.15, -0.1) is 0 Å². The zero-order chi connectivity index (χ0) is 8.78. The van der Waals surface area contributed by atoms with Gasteiger partial charge in [0.15, 0.2) is 0 Å². The molecule has 1 saturated heterocycles. The van der Waals surface area contributed by atoms with Crippen molar-refractivity contribution in [3.05, 3.63) is 0 Å². The molecule has 0 unspecified atom stereocenters. The Morgan fingerprint density at radius 2 is 2.00 bits per heavy atom. The predicted molar refractivity (Wildman–Crippen MR) is 54.7 cm³/mol. The van der Waals surface area contributed by atoms with Crippen LogP contribution in [0.5, 0.6) is 0 Å². The number of fused-ring (bicyclic) bond motifs is 2. The van der Waals surface area contributed by atoms with Gasteiger partial charge >= 0.3 is 0 Å². The fraction of sp³-hybridized carbons (Fsp3) is 1.00. The maximum Gasteiger partial charge on any atom is 0.0926 e. The molecule has 3 rings (SSSR count). The molecule has 0 bridgehead atoms. The molecule has 2 aliphatic carbocycles. The van der Waals surface area contributed by atoms with Crippen LogP contribution in [0.3, 0.4) is 0 Å². The summed E-state index contributed by atoms with van der Waals surface area (Å²) in [6.45, 7) is 4.60. The Morgan fingerprint density at radius 1 is 1.33 bits per heavy atom. The molecule has 4 atom stereocenters. The highest BCUT2D eigenvalue weighted by Gasteiger charge is 2.79. The molecule has 12 heavy (non-hydrogen) atoms. The largest absolute Gasteiger partial charge is 0.366 e. The lowest BCUT2D eigenvalue weighted by atomic mass is 9.83. The van der Waals surface area contributed by atoms with Crippen LogP contribution in [-0.2, 0) is 4.74 Å². The van der Waals surface area contributed by atoms with Crippen LogP contribution in [-0.4, -0.2) is 14.9 Å². The number of hydrogen-bond acceptors (Lipinski definition) is 1. The summed E-state index contributed by atoms with van der Waals surface area (Å²) in [5.41, 5.74) is 0.642. The van der Waals surface area contributed by atoms with E-state index in [2.05, 4.69) is 45.7 Å². The van der Waals surface area contributed by atoms with Gasteiger partial charge in [0.05, 0.1) is 14.9 Å². The monoisotopic (exact) mass is 294 g/mol. The molecule has 0 radical (unpaired) electrons. The van der Waals surface area contributed by atoms with Gasteiger partial charge in [-0.25, -0.2) is 0 Å². The standard InChI is InChI=1S/C9H12Br2O/c1-7-4-8(2)6(12-8)3-5(7)9(7,10)11/h5-6H,3-4H2,1-2H3/t5-,6-,7+,8+/m1/s1. The number of epoxide rings is 1. The van der Waals surface area contributed by atoms with Crippen LogP contribution in [0.4, 0.5) is 0 Å². The van der Waals surface area contributed by atoms with Crippen molar-refractivity contribution in [1.82, 2.24) is 0 Å². The van der Waals surface area contributed by atoms with Gasteiger partial charge in [-0.05, 0) is 25.7 Å². The summed E-state index contributed by atoms with van der Waals surface area (Å²) in [6, 6.07) is 0. The molecule has 0 N–H and O–H groups in total. The summed E-state index contributed by atoms with van der Waals surface area (Å²) in [5, 5.41) is 0. The fourth-order valence-electron chi connectivity index (χ4n) is 3.01. The van der Waals surface area contributed by atoms with Gasteiger partial charge in [-0.2, -0.15) is 0 Å². The SMILES string of the molecule is C[C@]12C[C@]3(C)O[C@@H]3C[C@H]1C2(Br)Br. The molecule has 2 saturated carbocycles. The zero-order valence-electron chi connectivity index (χ0n) is 7.23. The van der Waals surface area contributed by atoms with Crippen LogP contribution in [0.2, 0.25) is 0 Å². The Kier molecular flexibility index (Phi) is 1.25. The molecule has 3 fully saturated rings. The topological polar surface area (TPSA) is 12.5 Å². The van der Waals surface area contributed by atoms with E-state index in [-0.39, 0.29) is 8.83 Å². The lowest BCUT2D eigenvalue weighted by Gasteiger charge is -2.19. The predicted octanol–water partition coefficient (Wildman–Crippen LogP) is 3.06. The number of rotatable bonds is 0. The zero-order valence-corrected chi connectivity index (χ0v) is 10.4. The second-order valence-corrected chi connectivity index (χ2v) is 8.49. The van der Waals surface area contributed by atoms with Crippen molar-refractivity contribution < 1.29 is 4.74 Å². The molecule has 68 valence electrons. The number of alkyl halides is 2. The van der Waals surface area contributed by atoms with Crippen molar-refractivity contribution >= 4 is 31.9 Å². The summed E-state index contributed by atoms with van der Waals surface area (Å²) >= 11 is 7.54. The van der Waals surface area contributed by atoms with E-state index < -0.39 is 0 Å². The van der Waals surface area contributed by atoms with E-state index in [4.69, 9.17) is 4.74 Å². The van der Waals surface area contributed by atoms with Gasteiger partial charge in [-0.3, -0.25) is 0 Å². The third-order valence-corrected chi connectivity index (χ3v) is 7.01. The molecule has 3 aliphatic rings. The smallest absolute Gasteiger partial charge is 0.0926 e. The van der Waals surface area contributed by atoms with E-state index in [0.717, 1.165) is 5.92 Å². The minimum absolute atomic E-state index is 0.215. The highest BCUT2D eigenvalue weighted by molar-refractivity contribution is 9.25. The lowest BCUT2D eigenvalue weighted by molar-refractivity contribution is 0.267. The van der Waals surface area contributed by atoms with E-state index >= 15 is 0 Å². The van der Waals surface area contributed by atoms with E-state index in [9.17, 15) is 0 Å². The quantitative estimate of drug-likeness (QED) is 0.494. The second kappa shape index (κ2) is 1.82. The first-order chi connectivity index (χ1) is 5.40. The fourth-order valence-corrected chi connectivity index (χ4v) is 5.00. The van der Waals surface area contributed by atoms with Crippen LogP contribution in [0.1, 0.15) is 26.7 Å². The normalized spacial score (nSPS) is 65.0. The van der Waals surface area contributed by atoms with Gasteiger partial charge in [-0.1, -0.05) is 38.8 Å². The van der Waals surface area contributed by atoms with Crippen molar-refractivity contribution in [2.45, 2.75) is 41.6 Å². The Labute approximate surface area is 89.5 Å². The molecule has 0 aromatic rings. The summed E-state index contributed by atoms with van der Waals surface area (Å²) in [4.78, 5) is 0.